The van der Waals surface area contributed by atoms with E-state index in [9.17, 15) is 4.79 Å². The Morgan fingerprint density at radius 3 is 2.80 bits per heavy atom. The van der Waals surface area contributed by atoms with Crippen molar-refractivity contribution < 1.29 is 19.0 Å². The Hall–Kier alpha value is -2.69. The molecule has 0 aromatic heterocycles. The average molecular weight is 339 g/mol. The van der Waals surface area contributed by atoms with Crippen molar-refractivity contribution in [2.75, 3.05) is 25.1 Å². The summed E-state index contributed by atoms with van der Waals surface area (Å²) in [7, 11) is 0. The number of hydrogen-bond donors (Lipinski definition) is 1. The number of carbonyl (C=O) groups is 1. The van der Waals surface area contributed by atoms with E-state index in [1.807, 2.05) is 49.4 Å². The normalized spacial score (nSPS) is 20.7. The third-order valence-corrected chi connectivity index (χ3v) is 4.57. The van der Waals surface area contributed by atoms with Crippen LogP contribution in [0.5, 0.6) is 17.2 Å². The molecule has 25 heavy (non-hydrogen) atoms. The fraction of sp³-hybridized carbons (Fsp3) is 0.350. The first-order valence-electron chi connectivity index (χ1n) is 8.68. The summed E-state index contributed by atoms with van der Waals surface area (Å²) in [5.41, 5.74) is 1.85. The van der Waals surface area contributed by atoms with Crippen molar-refractivity contribution in [3.63, 3.8) is 0 Å². The molecule has 5 heteroatoms. The van der Waals surface area contributed by atoms with Crippen LogP contribution in [-0.4, -0.2) is 25.7 Å². The van der Waals surface area contributed by atoms with Gasteiger partial charge in [0.2, 0.25) is 5.91 Å². The molecule has 2 aromatic rings. The number of ether oxygens (including phenoxy) is 3. The van der Waals surface area contributed by atoms with Gasteiger partial charge in [-0.3, -0.25) is 4.79 Å². The monoisotopic (exact) mass is 339 g/mol. The van der Waals surface area contributed by atoms with E-state index in [4.69, 9.17) is 14.2 Å². The standard InChI is InChI=1S/C20H21NO4/c1-2-23-17-6-4-3-5-16(17)21-20(22)15-12-14(15)13-7-8-18-19(11-13)25-10-9-24-18/h3-8,11,14-15H,2,9-10,12H2,1H3,(H,21,22)/t14-,15-/m1/s1. The van der Waals surface area contributed by atoms with Gasteiger partial charge in [0, 0.05) is 5.92 Å². The first-order valence-corrected chi connectivity index (χ1v) is 8.68. The van der Waals surface area contributed by atoms with Crippen LogP contribution in [0.3, 0.4) is 0 Å². The van der Waals surface area contributed by atoms with Crippen molar-refractivity contribution in [3.05, 3.63) is 48.0 Å². The van der Waals surface area contributed by atoms with E-state index in [0.717, 1.165) is 29.2 Å². The first-order chi connectivity index (χ1) is 12.3. The minimum absolute atomic E-state index is 0.0164. The van der Waals surface area contributed by atoms with Gasteiger partial charge in [0.25, 0.3) is 0 Å². The predicted molar refractivity (Wildman–Crippen MR) is 94.5 cm³/mol. The number of fused-ring (bicyclic) bond motifs is 1. The number of benzene rings is 2. The van der Waals surface area contributed by atoms with Gasteiger partial charge in [-0.05, 0) is 49.1 Å². The van der Waals surface area contributed by atoms with Gasteiger partial charge < -0.3 is 19.5 Å². The van der Waals surface area contributed by atoms with Crippen molar-refractivity contribution in [2.24, 2.45) is 5.92 Å². The number of anilines is 1. The van der Waals surface area contributed by atoms with Crippen LogP contribution in [0.4, 0.5) is 5.69 Å². The molecule has 2 atom stereocenters. The Morgan fingerprint density at radius 1 is 1.16 bits per heavy atom. The van der Waals surface area contributed by atoms with Crippen molar-refractivity contribution in [1.82, 2.24) is 0 Å². The maximum absolute atomic E-state index is 12.6. The topological polar surface area (TPSA) is 56.8 Å². The number of para-hydroxylation sites is 2. The third kappa shape index (κ3) is 3.27. The van der Waals surface area contributed by atoms with Crippen molar-refractivity contribution in [3.8, 4) is 17.2 Å². The molecule has 0 saturated heterocycles. The molecule has 1 saturated carbocycles. The predicted octanol–water partition coefficient (Wildman–Crippen LogP) is 3.60. The summed E-state index contributed by atoms with van der Waals surface area (Å²) in [6, 6.07) is 13.5. The summed E-state index contributed by atoms with van der Waals surface area (Å²) in [4.78, 5) is 12.6. The van der Waals surface area contributed by atoms with Crippen LogP contribution >= 0.6 is 0 Å². The molecule has 2 aromatic carbocycles. The largest absolute Gasteiger partial charge is 0.492 e. The fourth-order valence-corrected chi connectivity index (χ4v) is 3.22. The molecule has 1 aliphatic heterocycles. The summed E-state index contributed by atoms with van der Waals surface area (Å²) >= 11 is 0. The van der Waals surface area contributed by atoms with Gasteiger partial charge in [-0.1, -0.05) is 18.2 Å². The maximum Gasteiger partial charge on any atom is 0.228 e. The second-order valence-electron chi connectivity index (χ2n) is 6.27. The highest BCUT2D eigenvalue weighted by Gasteiger charge is 2.44. The van der Waals surface area contributed by atoms with E-state index in [-0.39, 0.29) is 17.7 Å². The zero-order valence-electron chi connectivity index (χ0n) is 14.2. The molecule has 0 radical (unpaired) electrons. The van der Waals surface area contributed by atoms with Crippen LogP contribution in [0.15, 0.2) is 42.5 Å². The highest BCUT2D eigenvalue weighted by molar-refractivity contribution is 5.96. The molecule has 0 spiro atoms. The molecule has 1 amide bonds. The lowest BCUT2D eigenvalue weighted by molar-refractivity contribution is -0.117. The van der Waals surface area contributed by atoms with Crippen LogP contribution in [-0.2, 0) is 4.79 Å². The van der Waals surface area contributed by atoms with E-state index >= 15 is 0 Å². The van der Waals surface area contributed by atoms with Crippen molar-refractivity contribution >= 4 is 11.6 Å². The molecule has 2 aliphatic rings. The van der Waals surface area contributed by atoms with Gasteiger partial charge in [-0.15, -0.1) is 0 Å². The van der Waals surface area contributed by atoms with Gasteiger partial charge >= 0.3 is 0 Å². The molecular formula is C20H21NO4. The van der Waals surface area contributed by atoms with Crippen molar-refractivity contribution in [2.45, 2.75) is 19.3 Å². The highest BCUT2D eigenvalue weighted by atomic mass is 16.6. The minimum Gasteiger partial charge on any atom is -0.492 e. The summed E-state index contributed by atoms with van der Waals surface area (Å²) in [5, 5.41) is 3.00. The number of rotatable bonds is 5. The number of nitrogens with one attached hydrogen (secondary N) is 1. The SMILES string of the molecule is CCOc1ccccc1NC(=O)[C@@H]1C[C@@H]1c1ccc2c(c1)OCCO2. The zero-order chi connectivity index (χ0) is 17.2. The van der Waals surface area contributed by atoms with Gasteiger partial charge in [0.15, 0.2) is 11.5 Å². The summed E-state index contributed by atoms with van der Waals surface area (Å²) < 4.78 is 16.8. The molecule has 130 valence electrons. The lowest BCUT2D eigenvalue weighted by Crippen LogP contribution is -2.16. The Kier molecular flexibility index (Phi) is 4.22. The molecule has 4 rings (SSSR count). The number of carbonyl (C=O) groups excluding carboxylic acids is 1. The van der Waals surface area contributed by atoms with Crippen LogP contribution in [0, 0.1) is 5.92 Å². The van der Waals surface area contributed by atoms with E-state index in [1.54, 1.807) is 0 Å². The Labute approximate surface area is 146 Å². The van der Waals surface area contributed by atoms with E-state index in [2.05, 4.69) is 5.32 Å². The number of hydrogen-bond acceptors (Lipinski definition) is 4. The highest BCUT2D eigenvalue weighted by Crippen LogP contribution is 2.50. The summed E-state index contributed by atoms with van der Waals surface area (Å²) in [5.74, 6) is 2.51. The van der Waals surface area contributed by atoms with Crippen molar-refractivity contribution in [1.29, 1.82) is 0 Å². The first kappa shape index (κ1) is 15.8. The summed E-state index contributed by atoms with van der Waals surface area (Å²) in [6.45, 7) is 3.65. The second-order valence-corrected chi connectivity index (χ2v) is 6.27. The van der Waals surface area contributed by atoms with E-state index in [1.165, 1.54) is 0 Å². The molecule has 1 N–H and O–H groups in total. The summed E-state index contributed by atoms with van der Waals surface area (Å²) in [6.07, 6.45) is 0.849. The lowest BCUT2D eigenvalue weighted by atomic mass is 10.1. The van der Waals surface area contributed by atoms with Gasteiger partial charge in [0.1, 0.15) is 19.0 Å². The minimum atomic E-state index is -0.0164. The van der Waals surface area contributed by atoms with Gasteiger partial charge in [-0.25, -0.2) is 0 Å². The molecule has 1 fully saturated rings. The van der Waals surface area contributed by atoms with Crippen LogP contribution in [0.1, 0.15) is 24.8 Å². The molecule has 1 aliphatic carbocycles. The van der Waals surface area contributed by atoms with Crippen LogP contribution in [0.25, 0.3) is 0 Å². The lowest BCUT2D eigenvalue weighted by Gasteiger charge is -2.18. The average Bonchev–Trinajstić information content (AvgIpc) is 3.44. The van der Waals surface area contributed by atoms with Crippen LogP contribution in [0.2, 0.25) is 0 Å². The molecular weight excluding hydrogens is 318 g/mol. The third-order valence-electron chi connectivity index (χ3n) is 4.57. The van der Waals surface area contributed by atoms with E-state index in [0.29, 0.717) is 25.6 Å². The Morgan fingerprint density at radius 2 is 1.96 bits per heavy atom. The molecule has 0 unspecified atom stereocenters. The second kappa shape index (κ2) is 6.67. The maximum atomic E-state index is 12.6. The quantitative estimate of drug-likeness (QED) is 0.904. The van der Waals surface area contributed by atoms with Crippen LogP contribution < -0.4 is 19.5 Å². The Bertz CT molecular complexity index is 789. The molecule has 1 heterocycles. The Balaban J connectivity index is 1.44. The fourth-order valence-electron chi connectivity index (χ4n) is 3.22. The number of amides is 1. The van der Waals surface area contributed by atoms with E-state index < -0.39 is 0 Å². The van der Waals surface area contributed by atoms with Gasteiger partial charge in [0.05, 0.1) is 12.3 Å². The molecule has 5 nitrogen and oxygen atoms in total. The zero-order valence-corrected chi connectivity index (χ0v) is 14.2. The smallest absolute Gasteiger partial charge is 0.228 e. The molecule has 0 bridgehead atoms. The van der Waals surface area contributed by atoms with Gasteiger partial charge in [-0.2, -0.15) is 0 Å².